The topological polar surface area (TPSA) is 18.5 Å². The molecule has 0 amide bonds. The van der Waals surface area contributed by atoms with Gasteiger partial charge in [0.2, 0.25) is 0 Å². The van der Waals surface area contributed by atoms with Crippen LogP contribution >= 0.6 is 0 Å². The highest BCUT2D eigenvalue weighted by atomic mass is 15.2. The second-order valence-corrected chi connectivity index (χ2v) is 6.05. The Morgan fingerprint density at radius 1 is 1.21 bits per heavy atom. The fourth-order valence-electron chi connectivity index (χ4n) is 3.38. The molecule has 3 rings (SSSR count). The number of piperazine rings is 1. The van der Waals surface area contributed by atoms with E-state index in [0.29, 0.717) is 12.0 Å². The summed E-state index contributed by atoms with van der Waals surface area (Å²) >= 11 is 0. The van der Waals surface area contributed by atoms with Gasteiger partial charge in [-0.05, 0) is 25.5 Å². The summed E-state index contributed by atoms with van der Waals surface area (Å²) in [6, 6.07) is 9.56. The largest absolute Gasteiger partial charge is 0.368 e. The maximum absolute atomic E-state index is 3.43. The molecule has 0 bridgehead atoms. The number of hydrogen-bond acceptors (Lipinski definition) is 3. The Kier molecular flexibility index (Phi) is 3.76. The van der Waals surface area contributed by atoms with Crippen LogP contribution in [-0.4, -0.2) is 50.2 Å². The molecule has 2 aliphatic rings. The zero-order valence-corrected chi connectivity index (χ0v) is 12.1. The Hall–Kier alpha value is -1.06. The minimum absolute atomic E-state index is 0.592. The van der Waals surface area contributed by atoms with Gasteiger partial charge < -0.3 is 15.1 Å². The maximum atomic E-state index is 3.43. The normalized spacial score (nSPS) is 23.9. The Bertz CT molecular complexity index is 424. The third-order valence-corrected chi connectivity index (χ3v) is 4.41. The predicted molar refractivity (Wildman–Crippen MR) is 81.0 cm³/mol. The molecule has 3 heteroatoms. The van der Waals surface area contributed by atoms with Gasteiger partial charge in [-0.3, -0.25) is 0 Å². The van der Waals surface area contributed by atoms with Crippen molar-refractivity contribution in [3.05, 3.63) is 29.8 Å². The van der Waals surface area contributed by atoms with Gasteiger partial charge in [-0.25, -0.2) is 0 Å². The van der Waals surface area contributed by atoms with E-state index in [1.807, 2.05) is 0 Å². The molecule has 2 aliphatic heterocycles. The fourth-order valence-corrected chi connectivity index (χ4v) is 3.38. The molecule has 2 heterocycles. The quantitative estimate of drug-likeness (QED) is 0.894. The van der Waals surface area contributed by atoms with Gasteiger partial charge in [0.05, 0.1) is 0 Å². The number of para-hydroxylation sites is 1. The second kappa shape index (κ2) is 5.51. The minimum atomic E-state index is 0.592. The molecule has 0 aromatic heterocycles. The summed E-state index contributed by atoms with van der Waals surface area (Å²) in [4.78, 5) is 5.17. The van der Waals surface area contributed by atoms with Crippen LogP contribution in [0.1, 0.15) is 25.3 Å². The van der Waals surface area contributed by atoms with Gasteiger partial charge in [0, 0.05) is 56.9 Å². The van der Waals surface area contributed by atoms with E-state index < -0.39 is 0 Å². The Labute approximate surface area is 116 Å². The van der Waals surface area contributed by atoms with E-state index in [1.54, 1.807) is 5.56 Å². The summed E-state index contributed by atoms with van der Waals surface area (Å²) in [7, 11) is 0. The van der Waals surface area contributed by atoms with Gasteiger partial charge in [-0.1, -0.05) is 18.2 Å². The Morgan fingerprint density at radius 3 is 2.68 bits per heavy atom. The van der Waals surface area contributed by atoms with Crippen molar-refractivity contribution in [1.82, 2.24) is 10.2 Å². The first-order valence-electron chi connectivity index (χ1n) is 7.54. The molecule has 1 fully saturated rings. The van der Waals surface area contributed by atoms with Crippen LogP contribution in [0.15, 0.2) is 24.3 Å². The van der Waals surface area contributed by atoms with Crippen LogP contribution in [0.4, 0.5) is 5.69 Å². The van der Waals surface area contributed by atoms with E-state index in [0.717, 1.165) is 13.1 Å². The number of benzene rings is 1. The predicted octanol–water partition coefficient (Wildman–Crippen LogP) is 1.90. The van der Waals surface area contributed by atoms with Crippen molar-refractivity contribution in [1.29, 1.82) is 0 Å². The number of nitrogens with one attached hydrogen (secondary N) is 1. The molecule has 3 nitrogen and oxygen atoms in total. The van der Waals surface area contributed by atoms with Crippen molar-refractivity contribution in [2.45, 2.75) is 25.8 Å². The molecular weight excluding hydrogens is 234 g/mol. The van der Waals surface area contributed by atoms with Gasteiger partial charge >= 0.3 is 0 Å². The molecule has 1 aromatic rings. The van der Waals surface area contributed by atoms with Gasteiger partial charge in [-0.15, -0.1) is 0 Å². The van der Waals surface area contributed by atoms with E-state index >= 15 is 0 Å². The molecule has 0 radical (unpaired) electrons. The van der Waals surface area contributed by atoms with Crippen LogP contribution in [-0.2, 0) is 0 Å². The molecule has 0 aliphatic carbocycles. The standard InChI is InChI=1S/C16H25N3/c1-13(2)19-12-14(11-18-9-7-17-8-10-18)15-5-3-4-6-16(15)19/h3-6,13-14,17H,7-12H2,1-2H3. The first-order valence-corrected chi connectivity index (χ1v) is 7.54. The highest BCUT2D eigenvalue weighted by Crippen LogP contribution is 2.37. The number of anilines is 1. The fraction of sp³-hybridized carbons (Fsp3) is 0.625. The van der Waals surface area contributed by atoms with Crippen LogP contribution in [0, 0.1) is 0 Å². The van der Waals surface area contributed by atoms with Crippen molar-refractivity contribution >= 4 is 5.69 Å². The monoisotopic (exact) mass is 259 g/mol. The van der Waals surface area contributed by atoms with Crippen LogP contribution in [0.2, 0.25) is 0 Å². The highest BCUT2D eigenvalue weighted by molar-refractivity contribution is 5.60. The minimum Gasteiger partial charge on any atom is -0.368 e. The molecule has 104 valence electrons. The van der Waals surface area contributed by atoms with Crippen molar-refractivity contribution in [3.8, 4) is 0 Å². The van der Waals surface area contributed by atoms with Crippen LogP contribution in [0.5, 0.6) is 0 Å². The summed E-state index contributed by atoms with van der Waals surface area (Å²) in [6.45, 7) is 11.7. The summed E-state index contributed by atoms with van der Waals surface area (Å²) in [5.41, 5.74) is 3.01. The van der Waals surface area contributed by atoms with Crippen LogP contribution < -0.4 is 10.2 Å². The summed E-state index contributed by atoms with van der Waals surface area (Å²) in [5.74, 6) is 0.677. The van der Waals surface area contributed by atoms with E-state index in [-0.39, 0.29) is 0 Å². The van der Waals surface area contributed by atoms with Crippen molar-refractivity contribution in [3.63, 3.8) is 0 Å². The van der Waals surface area contributed by atoms with Crippen LogP contribution in [0.3, 0.4) is 0 Å². The lowest BCUT2D eigenvalue weighted by atomic mass is 10.0. The lowest BCUT2D eigenvalue weighted by molar-refractivity contribution is 0.229. The molecular formula is C16H25N3. The molecule has 0 spiro atoms. The van der Waals surface area contributed by atoms with E-state index in [2.05, 4.69) is 53.2 Å². The van der Waals surface area contributed by atoms with Gasteiger partial charge in [0.25, 0.3) is 0 Å². The van der Waals surface area contributed by atoms with E-state index in [4.69, 9.17) is 0 Å². The molecule has 19 heavy (non-hydrogen) atoms. The highest BCUT2D eigenvalue weighted by Gasteiger charge is 2.30. The lowest BCUT2D eigenvalue weighted by Gasteiger charge is -2.30. The summed E-state index contributed by atoms with van der Waals surface area (Å²) in [5, 5.41) is 3.43. The van der Waals surface area contributed by atoms with E-state index in [1.165, 1.54) is 31.9 Å². The van der Waals surface area contributed by atoms with Crippen LogP contribution in [0.25, 0.3) is 0 Å². The first-order chi connectivity index (χ1) is 9.25. The Morgan fingerprint density at radius 2 is 1.95 bits per heavy atom. The average molecular weight is 259 g/mol. The van der Waals surface area contributed by atoms with Gasteiger partial charge in [0.15, 0.2) is 0 Å². The molecule has 1 atom stereocenters. The number of nitrogens with zero attached hydrogens (tertiary/aromatic N) is 2. The smallest absolute Gasteiger partial charge is 0.0405 e. The number of rotatable bonds is 3. The zero-order valence-electron chi connectivity index (χ0n) is 12.1. The third-order valence-electron chi connectivity index (χ3n) is 4.41. The lowest BCUT2D eigenvalue weighted by Crippen LogP contribution is -2.45. The van der Waals surface area contributed by atoms with Crippen molar-refractivity contribution < 1.29 is 0 Å². The number of hydrogen-bond donors (Lipinski definition) is 1. The second-order valence-electron chi connectivity index (χ2n) is 6.05. The SMILES string of the molecule is CC(C)N1CC(CN2CCNCC2)c2ccccc21. The van der Waals surface area contributed by atoms with Crippen molar-refractivity contribution in [2.75, 3.05) is 44.2 Å². The van der Waals surface area contributed by atoms with Crippen molar-refractivity contribution in [2.24, 2.45) is 0 Å². The first kappa shape index (κ1) is 12.9. The third kappa shape index (κ3) is 2.63. The van der Waals surface area contributed by atoms with E-state index in [9.17, 15) is 0 Å². The molecule has 1 unspecified atom stereocenters. The maximum Gasteiger partial charge on any atom is 0.0405 e. The van der Waals surface area contributed by atoms with Gasteiger partial charge in [-0.2, -0.15) is 0 Å². The van der Waals surface area contributed by atoms with Gasteiger partial charge in [0.1, 0.15) is 0 Å². The molecule has 1 N–H and O–H groups in total. The Balaban J connectivity index is 1.76. The average Bonchev–Trinajstić information content (AvgIpc) is 2.79. The molecule has 1 saturated heterocycles. The molecule has 1 aromatic carbocycles. The summed E-state index contributed by atoms with van der Waals surface area (Å²) in [6.07, 6.45) is 0. The number of fused-ring (bicyclic) bond motifs is 1. The zero-order chi connectivity index (χ0) is 13.2. The molecule has 0 saturated carbocycles. The summed E-state index contributed by atoms with van der Waals surface area (Å²) < 4.78 is 0.